The quantitative estimate of drug-likeness (QED) is 0.741. The number of rotatable bonds is 6. The summed E-state index contributed by atoms with van der Waals surface area (Å²) in [6, 6.07) is 7.99. The van der Waals surface area contributed by atoms with Crippen LogP contribution in [0.25, 0.3) is 10.2 Å². The highest BCUT2D eigenvalue weighted by molar-refractivity contribution is 7.18. The second-order valence-corrected chi connectivity index (χ2v) is 5.49. The zero-order valence-corrected chi connectivity index (χ0v) is 11.2. The first-order valence-corrected chi connectivity index (χ1v) is 6.86. The third-order valence-corrected chi connectivity index (χ3v) is 4.27. The lowest BCUT2D eigenvalue weighted by molar-refractivity contribution is 0.0864. The second kappa shape index (κ2) is 5.75. The monoisotopic (exact) mass is 266 g/mol. The minimum Gasteiger partial charge on any atom is -0.394 e. The van der Waals surface area contributed by atoms with Crippen molar-refractivity contribution in [2.45, 2.75) is 25.4 Å². The Morgan fingerprint density at radius 2 is 2.00 bits per heavy atom. The molecule has 1 aromatic heterocycles. The van der Waals surface area contributed by atoms with Crippen molar-refractivity contribution in [3.05, 3.63) is 29.3 Å². The van der Waals surface area contributed by atoms with Gasteiger partial charge in [0.05, 0.1) is 29.0 Å². The Morgan fingerprint density at radius 1 is 1.28 bits per heavy atom. The van der Waals surface area contributed by atoms with Crippen molar-refractivity contribution < 1.29 is 10.2 Å². The lowest BCUT2D eigenvalue weighted by Crippen LogP contribution is -2.50. The summed E-state index contributed by atoms with van der Waals surface area (Å²) in [5, 5.41) is 22.9. The molecule has 0 aliphatic heterocycles. The van der Waals surface area contributed by atoms with Crippen molar-refractivity contribution in [2.24, 2.45) is 0 Å². The fourth-order valence-electron chi connectivity index (χ4n) is 1.77. The fourth-order valence-corrected chi connectivity index (χ4v) is 2.68. The fraction of sp³-hybridized carbons (Fsp3) is 0.462. The van der Waals surface area contributed by atoms with Gasteiger partial charge in [-0.25, -0.2) is 4.98 Å². The molecule has 1 heterocycles. The van der Waals surface area contributed by atoms with Crippen molar-refractivity contribution >= 4 is 21.6 Å². The molecule has 1 aromatic carbocycles. The number of aromatic nitrogens is 1. The van der Waals surface area contributed by atoms with E-state index in [-0.39, 0.29) is 13.2 Å². The van der Waals surface area contributed by atoms with E-state index >= 15 is 0 Å². The maximum atomic E-state index is 9.35. The van der Waals surface area contributed by atoms with Crippen LogP contribution < -0.4 is 5.32 Å². The molecule has 0 saturated carbocycles. The van der Waals surface area contributed by atoms with Crippen molar-refractivity contribution in [1.82, 2.24) is 10.3 Å². The molecule has 0 aliphatic rings. The van der Waals surface area contributed by atoms with Crippen LogP contribution in [-0.2, 0) is 6.54 Å². The third kappa shape index (κ3) is 2.70. The molecule has 4 nitrogen and oxygen atoms in total. The summed E-state index contributed by atoms with van der Waals surface area (Å²) < 4.78 is 1.16. The number of aliphatic hydroxyl groups is 2. The molecule has 5 heteroatoms. The standard InChI is InChI=1S/C13H18N2O2S/c1-2-13(8-16,9-17)14-7-12-15-10-5-3-4-6-11(10)18-12/h3-6,14,16-17H,2,7-9H2,1H3. The van der Waals surface area contributed by atoms with Gasteiger partial charge in [-0.05, 0) is 18.6 Å². The van der Waals surface area contributed by atoms with E-state index in [1.165, 1.54) is 0 Å². The Morgan fingerprint density at radius 3 is 2.61 bits per heavy atom. The summed E-state index contributed by atoms with van der Waals surface area (Å²) in [6.07, 6.45) is 0.672. The number of hydrogen-bond acceptors (Lipinski definition) is 5. The van der Waals surface area contributed by atoms with E-state index < -0.39 is 5.54 Å². The SMILES string of the molecule is CCC(CO)(CO)NCc1nc2ccccc2s1. The molecule has 0 bridgehead atoms. The van der Waals surface area contributed by atoms with Crippen LogP contribution in [0.2, 0.25) is 0 Å². The Hall–Kier alpha value is -1.01. The van der Waals surface area contributed by atoms with Gasteiger partial charge >= 0.3 is 0 Å². The van der Waals surface area contributed by atoms with Gasteiger partial charge < -0.3 is 15.5 Å². The van der Waals surface area contributed by atoms with Crippen molar-refractivity contribution in [3.8, 4) is 0 Å². The first-order chi connectivity index (χ1) is 8.73. The summed E-state index contributed by atoms with van der Waals surface area (Å²) in [5.74, 6) is 0. The molecule has 0 saturated heterocycles. The maximum absolute atomic E-state index is 9.35. The summed E-state index contributed by atoms with van der Waals surface area (Å²) >= 11 is 1.63. The summed E-state index contributed by atoms with van der Waals surface area (Å²) in [4.78, 5) is 4.51. The second-order valence-electron chi connectivity index (χ2n) is 4.38. The van der Waals surface area contributed by atoms with E-state index in [1.54, 1.807) is 11.3 Å². The Balaban J connectivity index is 2.09. The predicted octanol–water partition coefficient (Wildman–Crippen LogP) is 1.52. The molecular weight excluding hydrogens is 248 g/mol. The van der Waals surface area contributed by atoms with Gasteiger partial charge in [-0.2, -0.15) is 0 Å². The Labute approximate surface area is 110 Å². The highest BCUT2D eigenvalue weighted by atomic mass is 32.1. The highest BCUT2D eigenvalue weighted by Gasteiger charge is 2.25. The van der Waals surface area contributed by atoms with Gasteiger partial charge in [0.1, 0.15) is 5.01 Å². The summed E-state index contributed by atoms with van der Waals surface area (Å²) in [7, 11) is 0. The minimum absolute atomic E-state index is 0.0785. The van der Waals surface area contributed by atoms with Gasteiger partial charge in [0.25, 0.3) is 0 Å². The first kappa shape index (κ1) is 13.4. The van der Waals surface area contributed by atoms with Crippen LogP contribution in [0.1, 0.15) is 18.4 Å². The van der Waals surface area contributed by atoms with Gasteiger partial charge in [-0.1, -0.05) is 19.1 Å². The molecule has 0 atom stereocenters. The average molecular weight is 266 g/mol. The lowest BCUT2D eigenvalue weighted by Gasteiger charge is -2.29. The molecular formula is C13H18N2O2S. The molecule has 0 spiro atoms. The van der Waals surface area contributed by atoms with Crippen LogP contribution >= 0.6 is 11.3 Å². The molecule has 18 heavy (non-hydrogen) atoms. The number of fused-ring (bicyclic) bond motifs is 1. The first-order valence-electron chi connectivity index (χ1n) is 6.04. The minimum atomic E-state index is -0.613. The molecule has 3 N–H and O–H groups in total. The number of para-hydroxylation sites is 1. The number of hydrogen-bond donors (Lipinski definition) is 3. The smallest absolute Gasteiger partial charge is 0.108 e. The highest BCUT2D eigenvalue weighted by Crippen LogP contribution is 2.22. The van der Waals surface area contributed by atoms with E-state index in [0.717, 1.165) is 15.2 Å². The van der Waals surface area contributed by atoms with Gasteiger partial charge in [-0.15, -0.1) is 11.3 Å². The Kier molecular flexibility index (Phi) is 4.29. The number of nitrogens with one attached hydrogen (secondary N) is 1. The van der Waals surface area contributed by atoms with Crippen molar-refractivity contribution in [3.63, 3.8) is 0 Å². The van der Waals surface area contributed by atoms with E-state index in [2.05, 4.69) is 10.3 Å². The zero-order valence-electron chi connectivity index (χ0n) is 10.4. The number of nitrogens with zero attached hydrogens (tertiary/aromatic N) is 1. The molecule has 0 fully saturated rings. The average Bonchev–Trinajstić information content (AvgIpc) is 2.84. The topological polar surface area (TPSA) is 65.4 Å². The molecule has 0 amide bonds. The van der Waals surface area contributed by atoms with Gasteiger partial charge in [0.2, 0.25) is 0 Å². The third-order valence-electron chi connectivity index (χ3n) is 3.23. The van der Waals surface area contributed by atoms with Gasteiger partial charge in [0, 0.05) is 6.54 Å². The van der Waals surface area contributed by atoms with Crippen LogP contribution in [0.3, 0.4) is 0 Å². The van der Waals surface area contributed by atoms with Gasteiger partial charge in [0.15, 0.2) is 0 Å². The number of thiazole rings is 1. The van der Waals surface area contributed by atoms with E-state index in [4.69, 9.17) is 0 Å². The normalized spacial score (nSPS) is 12.2. The summed E-state index contributed by atoms with van der Waals surface area (Å²) in [5.41, 5.74) is 0.382. The van der Waals surface area contributed by atoms with Crippen molar-refractivity contribution in [2.75, 3.05) is 13.2 Å². The predicted molar refractivity (Wildman–Crippen MR) is 73.7 cm³/mol. The van der Waals surface area contributed by atoms with E-state index in [1.807, 2.05) is 31.2 Å². The van der Waals surface area contributed by atoms with Crippen LogP contribution in [0.4, 0.5) is 0 Å². The summed E-state index contributed by atoms with van der Waals surface area (Å²) in [6.45, 7) is 2.35. The Bertz CT molecular complexity index is 467. The van der Waals surface area contributed by atoms with Crippen LogP contribution in [0.15, 0.2) is 24.3 Å². The van der Waals surface area contributed by atoms with Crippen LogP contribution in [0, 0.1) is 0 Å². The van der Waals surface area contributed by atoms with Crippen LogP contribution in [-0.4, -0.2) is 33.9 Å². The van der Waals surface area contributed by atoms with Crippen LogP contribution in [0.5, 0.6) is 0 Å². The lowest BCUT2D eigenvalue weighted by atomic mass is 9.99. The van der Waals surface area contributed by atoms with E-state index in [0.29, 0.717) is 13.0 Å². The molecule has 98 valence electrons. The molecule has 2 rings (SSSR count). The number of aliphatic hydroxyl groups excluding tert-OH is 2. The van der Waals surface area contributed by atoms with Crippen molar-refractivity contribution in [1.29, 1.82) is 0 Å². The largest absolute Gasteiger partial charge is 0.394 e. The number of benzene rings is 1. The molecule has 0 radical (unpaired) electrons. The maximum Gasteiger partial charge on any atom is 0.108 e. The molecule has 0 unspecified atom stereocenters. The van der Waals surface area contributed by atoms with Gasteiger partial charge in [-0.3, -0.25) is 0 Å². The zero-order chi connectivity index (χ0) is 13.0. The molecule has 2 aromatic rings. The van der Waals surface area contributed by atoms with E-state index in [9.17, 15) is 10.2 Å². The molecule has 0 aliphatic carbocycles.